The van der Waals surface area contributed by atoms with E-state index in [1.54, 1.807) is 29.6 Å². The summed E-state index contributed by atoms with van der Waals surface area (Å²) >= 11 is 0. The molecular formula is C27H34FN7O3. The Balaban J connectivity index is 1.13. The van der Waals surface area contributed by atoms with E-state index in [0.717, 1.165) is 35.6 Å². The molecule has 38 heavy (non-hydrogen) atoms. The number of hydrogen-bond donors (Lipinski definition) is 5. The zero-order chi connectivity index (χ0) is 26.5. The first-order valence-electron chi connectivity index (χ1n) is 12.9. The summed E-state index contributed by atoms with van der Waals surface area (Å²) in [6, 6.07) is 3.61. The van der Waals surface area contributed by atoms with Crippen LogP contribution in [-0.4, -0.2) is 47.9 Å². The van der Waals surface area contributed by atoms with Crippen molar-refractivity contribution in [2.24, 2.45) is 5.73 Å². The van der Waals surface area contributed by atoms with E-state index >= 15 is 0 Å². The topological polar surface area (TPSA) is 120 Å². The van der Waals surface area contributed by atoms with Crippen molar-refractivity contribution in [1.29, 1.82) is 0 Å². The van der Waals surface area contributed by atoms with Crippen molar-refractivity contribution in [1.82, 2.24) is 31.1 Å². The van der Waals surface area contributed by atoms with Gasteiger partial charge in [-0.3, -0.25) is 4.90 Å². The van der Waals surface area contributed by atoms with Crippen LogP contribution in [0.4, 0.5) is 9.18 Å². The summed E-state index contributed by atoms with van der Waals surface area (Å²) in [5.41, 5.74) is 9.71. The Morgan fingerprint density at radius 1 is 1.32 bits per heavy atom. The van der Waals surface area contributed by atoms with Gasteiger partial charge in [0.05, 0.1) is 35.7 Å². The summed E-state index contributed by atoms with van der Waals surface area (Å²) in [4.78, 5) is 16.3. The first-order valence-corrected chi connectivity index (χ1v) is 12.9. The van der Waals surface area contributed by atoms with Gasteiger partial charge >= 0.3 is 6.03 Å². The molecule has 0 bridgehead atoms. The fraction of sp³-hybridized carbons (Fsp3) is 0.370. The number of ether oxygens (including phenoxy) is 1. The Kier molecular flexibility index (Phi) is 7.62. The molecule has 0 spiro atoms. The zero-order valence-electron chi connectivity index (χ0n) is 21.2. The van der Waals surface area contributed by atoms with Gasteiger partial charge in [-0.05, 0) is 49.1 Å². The van der Waals surface area contributed by atoms with Crippen LogP contribution in [0.25, 0.3) is 0 Å². The summed E-state index contributed by atoms with van der Waals surface area (Å²) < 4.78 is 24.4. The van der Waals surface area contributed by atoms with Crippen molar-refractivity contribution >= 4 is 6.03 Å². The minimum Gasteiger partial charge on any atom is -0.467 e. The number of rotatable bonds is 9. The van der Waals surface area contributed by atoms with Crippen molar-refractivity contribution in [3.8, 4) is 0 Å². The van der Waals surface area contributed by atoms with E-state index in [1.165, 1.54) is 6.08 Å². The molecule has 202 valence electrons. The number of urea groups is 1. The third kappa shape index (κ3) is 5.82. The molecule has 1 saturated heterocycles. The third-order valence-electron chi connectivity index (χ3n) is 6.86. The van der Waals surface area contributed by atoms with Crippen molar-refractivity contribution < 1.29 is 18.3 Å². The highest BCUT2D eigenvalue weighted by atomic mass is 19.1. The molecule has 1 aromatic heterocycles. The number of halogens is 1. The van der Waals surface area contributed by atoms with Gasteiger partial charge in [-0.25, -0.2) is 9.18 Å². The fourth-order valence-corrected chi connectivity index (χ4v) is 4.94. The summed E-state index contributed by atoms with van der Waals surface area (Å²) in [5.74, 6) is 1.25. The van der Waals surface area contributed by atoms with Crippen LogP contribution in [0.15, 0.2) is 94.4 Å². The molecule has 11 heteroatoms. The lowest BCUT2D eigenvalue weighted by Crippen LogP contribution is -2.51. The van der Waals surface area contributed by atoms with Gasteiger partial charge in [0.2, 0.25) is 0 Å². The summed E-state index contributed by atoms with van der Waals surface area (Å²) in [6.07, 6.45) is 12.6. The number of nitrogens with one attached hydrogen (secondary N) is 4. The molecule has 4 aliphatic rings. The van der Waals surface area contributed by atoms with Crippen molar-refractivity contribution in [2.45, 2.75) is 44.6 Å². The average Bonchev–Trinajstić information content (AvgIpc) is 3.66. The Bertz CT molecular complexity index is 1200. The number of nitrogens with zero attached hydrogens (tertiary/aromatic N) is 2. The minimum atomic E-state index is -0.362. The van der Waals surface area contributed by atoms with E-state index in [1.807, 2.05) is 23.2 Å². The lowest BCUT2D eigenvalue weighted by Gasteiger charge is -2.34. The maximum Gasteiger partial charge on any atom is 0.317 e. The number of carbonyl (C=O) groups excluding carboxylic acids is 1. The monoisotopic (exact) mass is 523 g/mol. The fourth-order valence-electron chi connectivity index (χ4n) is 4.94. The second-order valence-corrected chi connectivity index (χ2v) is 9.54. The molecular weight excluding hydrogens is 489 g/mol. The number of hydrogen-bond acceptors (Lipinski definition) is 8. The molecule has 2 atom stereocenters. The highest BCUT2D eigenvalue weighted by molar-refractivity contribution is 5.74. The third-order valence-corrected chi connectivity index (χ3v) is 6.86. The first kappa shape index (κ1) is 25.4. The van der Waals surface area contributed by atoms with Crippen molar-refractivity contribution in [3.05, 3.63) is 95.7 Å². The van der Waals surface area contributed by atoms with E-state index < -0.39 is 0 Å². The van der Waals surface area contributed by atoms with Gasteiger partial charge in [0, 0.05) is 38.3 Å². The van der Waals surface area contributed by atoms with Crippen LogP contribution in [0, 0.1) is 0 Å². The maximum absolute atomic E-state index is 13.5. The van der Waals surface area contributed by atoms with Crippen LogP contribution in [-0.2, 0) is 11.3 Å². The van der Waals surface area contributed by atoms with E-state index in [9.17, 15) is 9.18 Å². The van der Waals surface area contributed by atoms with E-state index in [4.69, 9.17) is 14.9 Å². The molecule has 1 aliphatic carbocycles. The molecule has 2 amide bonds. The van der Waals surface area contributed by atoms with Crippen LogP contribution < -0.4 is 27.0 Å². The molecule has 6 N–H and O–H groups in total. The first-order chi connectivity index (χ1) is 18.5. The average molecular weight is 524 g/mol. The lowest BCUT2D eigenvalue weighted by molar-refractivity contribution is 0.0741. The molecule has 1 aromatic rings. The number of amides is 2. The van der Waals surface area contributed by atoms with E-state index in [2.05, 4.69) is 27.8 Å². The summed E-state index contributed by atoms with van der Waals surface area (Å²) in [5, 5.41) is 12.9. The molecule has 5 rings (SSSR count). The SMILES string of the molecule is C=C(NC/C=C(\N)C1=C(C2=CC=C(F)CC2)NC2OC=CN12)NC1CCCN(C(=O)NCc2ccco2)C1. The highest BCUT2D eigenvalue weighted by Gasteiger charge is 2.36. The molecule has 3 aliphatic heterocycles. The van der Waals surface area contributed by atoms with Gasteiger partial charge in [-0.1, -0.05) is 12.7 Å². The molecule has 0 radical (unpaired) electrons. The number of piperidine rings is 1. The Hall–Kier alpha value is -4.28. The number of fused-ring (bicyclic) bond motifs is 1. The molecule has 10 nitrogen and oxygen atoms in total. The quantitative estimate of drug-likeness (QED) is 0.335. The molecule has 4 heterocycles. The van der Waals surface area contributed by atoms with Crippen molar-refractivity contribution in [3.63, 3.8) is 0 Å². The van der Waals surface area contributed by atoms with Gasteiger partial charge in [-0.2, -0.15) is 0 Å². The number of furan rings is 1. The van der Waals surface area contributed by atoms with Crippen molar-refractivity contribution in [2.75, 3.05) is 19.6 Å². The van der Waals surface area contributed by atoms with E-state index in [-0.39, 0.29) is 24.3 Å². The van der Waals surface area contributed by atoms with Crippen LogP contribution in [0.3, 0.4) is 0 Å². The van der Waals surface area contributed by atoms with Crippen LogP contribution in [0.5, 0.6) is 0 Å². The molecule has 0 saturated carbocycles. The van der Waals surface area contributed by atoms with Gasteiger partial charge in [0.15, 0.2) is 0 Å². The zero-order valence-corrected chi connectivity index (χ0v) is 21.2. The van der Waals surface area contributed by atoms with Gasteiger partial charge in [0.1, 0.15) is 17.8 Å². The smallest absolute Gasteiger partial charge is 0.317 e. The van der Waals surface area contributed by atoms with Gasteiger partial charge < -0.3 is 41.1 Å². The molecule has 0 aromatic carbocycles. The maximum atomic E-state index is 13.5. The predicted molar refractivity (Wildman–Crippen MR) is 141 cm³/mol. The second kappa shape index (κ2) is 11.4. The Labute approximate surface area is 221 Å². The molecule has 1 fully saturated rings. The number of carbonyl (C=O) groups is 1. The van der Waals surface area contributed by atoms with Crippen LogP contribution in [0.1, 0.15) is 31.4 Å². The predicted octanol–water partition coefficient (Wildman–Crippen LogP) is 2.92. The van der Waals surface area contributed by atoms with E-state index in [0.29, 0.717) is 50.5 Å². The largest absolute Gasteiger partial charge is 0.467 e. The van der Waals surface area contributed by atoms with Crippen LogP contribution >= 0.6 is 0 Å². The normalized spacial score (nSPS) is 22.8. The van der Waals surface area contributed by atoms with Crippen LogP contribution in [0.2, 0.25) is 0 Å². The van der Waals surface area contributed by atoms with Gasteiger partial charge in [0.25, 0.3) is 6.35 Å². The lowest BCUT2D eigenvalue weighted by atomic mass is 9.99. The minimum absolute atomic E-state index is 0.0899. The highest BCUT2D eigenvalue weighted by Crippen LogP contribution is 2.35. The Morgan fingerprint density at radius 2 is 2.21 bits per heavy atom. The summed E-state index contributed by atoms with van der Waals surface area (Å²) in [6.45, 7) is 6.19. The second-order valence-electron chi connectivity index (χ2n) is 9.54. The number of allylic oxidation sites excluding steroid dienone is 4. The number of nitrogens with two attached hydrogens (primary N) is 1. The summed E-state index contributed by atoms with van der Waals surface area (Å²) in [7, 11) is 0. The standard InChI is InChI=1S/C27H34FN7O3/c1-18(32-21-4-2-12-34(17-21)26(36)31-16-22-5-3-14-37-22)30-11-10-23(29)25-24(19-6-8-20(28)9-7-19)33-27-35(25)13-15-38-27/h3,5-6,8,10,13-15,21,27,30,32-33H,1-2,4,7,9,11-12,16-17,29H2,(H,31,36)/b23-10-. The van der Waals surface area contributed by atoms with Gasteiger partial charge in [-0.15, -0.1) is 0 Å². The Morgan fingerprint density at radius 3 is 3.00 bits per heavy atom. The molecule has 2 unspecified atom stereocenters. The number of likely N-dealkylation sites (tertiary alicyclic amines) is 1.